The zero-order valence-electron chi connectivity index (χ0n) is 23.7. The molecule has 7 nitrogen and oxygen atoms in total. The van der Waals surface area contributed by atoms with E-state index in [-0.39, 0.29) is 19.4 Å². The lowest BCUT2D eigenvalue weighted by molar-refractivity contribution is -0.867. The molecule has 35 heavy (non-hydrogen) atoms. The van der Waals surface area contributed by atoms with Crippen LogP contribution >= 0.6 is 7.60 Å². The minimum atomic E-state index is -3.73. The van der Waals surface area contributed by atoms with Crippen molar-refractivity contribution in [2.45, 2.75) is 104 Å². The summed E-state index contributed by atoms with van der Waals surface area (Å²) in [6.45, 7) is 8.18. The van der Waals surface area contributed by atoms with Gasteiger partial charge in [0.25, 0.3) is 6.47 Å². The standard InChI is InChI=1S/C27H56NO6P/c1-7-8-9-10-11-12-13-14-15-16-17-25(2)20-26(3)21-32-22-27(33-24-29)23-34-35(30,31)19-18-28(4,5)6/h24-27H,7-23H2,1-6H3/p+1. The highest BCUT2D eigenvalue weighted by Crippen LogP contribution is 2.41. The van der Waals surface area contributed by atoms with Crippen molar-refractivity contribution in [3.63, 3.8) is 0 Å². The van der Waals surface area contributed by atoms with Crippen molar-refractivity contribution in [2.24, 2.45) is 11.8 Å². The van der Waals surface area contributed by atoms with Gasteiger partial charge >= 0.3 is 7.60 Å². The van der Waals surface area contributed by atoms with Crippen molar-refractivity contribution in [1.82, 2.24) is 0 Å². The van der Waals surface area contributed by atoms with Gasteiger partial charge < -0.3 is 23.4 Å². The Kier molecular flexibility index (Phi) is 20.3. The van der Waals surface area contributed by atoms with Gasteiger partial charge in [0.05, 0.1) is 47.1 Å². The molecule has 0 amide bonds. The van der Waals surface area contributed by atoms with Crippen LogP contribution in [0.5, 0.6) is 0 Å². The van der Waals surface area contributed by atoms with E-state index < -0.39 is 13.7 Å². The first-order chi connectivity index (χ1) is 16.5. The molecule has 0 bridgehead atoms. The van der Waals surface area contributed by atoms with Crippen molar-refractivity contribution < 1.29 is 32.7 Å². The zero-order chi connectivity index (χ0) is 26.6. The van der Waals surface area contributed by atoms with Gasteiger partial charge in [0.2, 0.25) is 0 Å². The van der Waals surface area contributed by atoms with Crippen LogP contribution in [0, 0.1) is 11.8 Å². The lowest BCUT2D eigenvalue weighted by atomic mass is 9.93. The van der Waals surface area contributed by atoms with Crippen LogP contribution in [0.3, 0.4) is 0 Å². The molecule has 0 radical (unpaired) electrons. The molecule has 1 N–H and O–H groups in total. The number of hydrogen-bond acceptors (Lipinski definition) is 5. The number of quaternary nitrogens is 1. The van der Waals surface area contributed by atoms with Crippen LogP contribution < -0.4 is 0 Å². The average Bonchev–Trinajstić information content (AvgIpc) is 2.77. The van der Waals surface area contributed by atoms with Crippen LogP contribution in [-0.4, -0.2) is 75.6 Å². The number of hydrogen-bond donors (Lipinski definition) is 1. The lowest BCUT2D eigenvalue weighted by Crippen LogP contribution is -2.37. The van der Waals surface area contributed by atoms with E-state index in [9.17, 15) is 14.3 Å². The fraction of sp³-hybridized carbons (Fsp3) is 0.963. The summed E-state index contributed by atoms with van der Waals surface area (Å²) >= 11 is 0. The van der Waals surface area contributed by atoms with Crippen molar-refractivity contribution in [3.05, 3.63) is 0 Å². The summed E-state index contributed by atoms with van der Waals surface area (Å²) in [4.78, 5) is 20.8. The van der Waals surface area contributed by atoms with E-state index >= 15 is 0 Å². The van der Waals surface area contributed by atoms with Crippen molar-refractivity contribution in [2.75, 3.05) is 53.7 Å². The molecule has 0 aromatic heterocycles. The Morgan fingerprint density at radius 3 is 1.97 bits per heavy atom. The van der Waals surface area contributed by atoms with Gasteiger partial charge in [0.15, 0.2) is 0 Å². The van der Waals surface area contributed by atoms with Crippen molar-refractivity contribution in [3.8, 4) is 0 Å². The van der Waals surface area contributed by atoms with E-state index in [0.717, 1.165) is 6.42 Å². The molecule has 8 heteroatoms. The Hall–Kier alpha value is -0.460. The fourth-order valence-electron chi connectivity index (χ4n) is 4.15. The summed E-state index contributed by atoms with van der Waals surface area (Å²) < 4.78 is 28.7. The number of carbonyl (C=O) groups excluding carboxylic acids is 1. The minimum Gasteiger partial charge on any atom is -0.460 e. The third-order valence-electron chi connectivity index (χ3n) is 6.32. The summed E-state index contributed by atoms with van der Waals surface area (Å²) in [6.07, 6.45) is 15.4. The predicted octanol–water partition coefficient (Wildman–Crippen LogP) is 6.43. The first-order valence-electron chi connectivity index (χ1n) is 13.9. The summed E-state index contributed by atoms with van der Waals surface area (Å²) in [5.74, 6) is 1.06. The van der Waals surface area contributed by atoms with Crippen LogP contribution in [-0.2, 0) is 23.4 Å². The van der Waals surface area contributed by atoms with E-state index in [1.54, 1.807) is 0 Å². The van der Waals surface area contributed by atoms with Gasteiger partial charge in [0.1, 0.15) is 6.10 Å². The van der Waals surface area contributed by atoms with Crippen LogP contribution in [0.15, 0.2) is 0 Å². The molecule has 0 rings (SSSR count). The van der Waals surface area contributed by atoms with Gasteiger partial charge in [-0.3, -0.25) is 9.36 Å². The van der Waals surface area contributed by atoms with E-state index in [0.29, 0.717) is 35.9 Å². The number of rotatable bonds is 25. The number of ether oxygens (including phenoxy) is 2. The molecular formula is C27H57NO6P+. The summed E-state index contributed by atoms with van der Waals surface area (Å²) in [6, 6.07) is 0. The van der Waals surface area contributed by atoms with Gasteiger partial charge in [-0.1, -0.05) is 91.4 Å². The van der Waals surface area contributed by atoms with E-state index in [1.807, 2.05) is 21.1 Å². The maximum atomic E-state index is 12.2. The van der Waals surface area contributed by atoms with E-state index in [1.165, 1.54) is 70.6 Å². The Bertz CT molecular complexity index is 554. The van der Waals surface area contributed by atoms with Gasteiger partial charge in [-0.05, 0) is 18.3 Å². The third kappa shape index (κ3) is 23.7. The smallest absolute Gasteiger partial charge is 0.333 e. The molecule has 0 aliphatic rings. The summed E-state index contributed by atoms with van der Waals surface area (Å²) in [5, 5.41) is 0. The molecule has 0 spiro atoms. The van der Waals surface area contributed by atoms with Gasteiger partial charge in [-0.2, -0.15) is 0 Å². The highest BCUT2D eigenvalue weighted by Gasteiger charge is 2.25. The maximum absolute atomic E-state index is 12.2. The van der Waals surface area contributed by atoms with Crippen molar-refractivity contribution >= 4 is 14.1 Å². The Labute approximate surface area is 216 Å². The predicted molar refractivity (Wildman–Crippen MR) is 145 cm³/mol. The second-order valence-corrected chi connectivity index (χ2v) is 13.5. The number of carbonyl (C=O) groups is 1. The molecule has 210 valence electrons. The largest absolute Gasteiger partial charge is 0.460 e. The van der Waals surface area contributed by atoms with Crippen LogP contribution in [0.25, 0.3) is 0 Å². The Morgan fingerprint density at radius 1 is 0.857 bits per heavy atom. The summed E-state index contributed by atoms with van der Waals surface area (Å²) in [5.41, 5.74) is 0. The quantitative estimate of drug-likeness (QED) is 0.0644. The van der Waals surface area contributed by atoms with Crippen molar-refractivity contribution in [1.29, 1.82) is 0 Å². The molecule has 4 unspecified atom stereocenters. The Morgan fingerprint density at radius 2 is 1.43 bits per heavy atom. The second-order valence-electron chi connectivity index (χ2n) is 11.5. The first kappa shape index (κ1) is 34.5. The summed E-state index contributed by atoms with van der Waals surface area (Å²) in [7, 11) is 2.12. The fourth-order valence-corrected chi connectivity index (χ4v) is 5.53. The molecule has 0 aliphatic carbocycles. The molecule has 4 atom stereocenters. The first-order valence-corrected chi connectivity index (χ1v) is 15.7. The number of nitrogens with zero attached hydrogens (tertiary/aromatic N) is 1. The highest BCUT2D eigenvalue weighted by atomic mass is 31.2. The van der Waals surface area contributed by atoms with Gasteiger partial charge in [-0.25, -0.2) is 0 Å². The SMILES string of the molecule is CCCCCCCCCCCCC(C)CC(C)COCC(COP(=O)(O)CC[N+](C)(C)C)OC=O. The highest BCUT2D eigenvalue weighted by molar-refractivity contribution is 7.52. The van der Waals surface area contributed by atoms with E-state index in [2.05, 4.69) is 20.8 Å². The zero-order valence-corrected chi connectivity index (χ0v) is 24.6. The average molecular weight is 523 g/mol. The van der Waals surface area contributed by atoms with Gasteiger partial charge in [0, 0.05) is 6.61 Å². The lowest BCUT2D eigenvalue weighted by Gasteiger charge is -2.25. The Balaban J connectivity index is 3.95. The minimum absolute atomic E-state index is 0.0547. The number of unbranched alkanes of at least 4 members (excludes halogenated alkanes) is 9. The molecule has 0 aromatic carbocycles. The topological polar surface area (TPSA) is 82.1 Å². The molecule has 0 saturated heterocycles. The molecule has 0 saturated carbocycles. The van der Waals surface area contributed by atoms with Crippen LogP contribution in [0.2, 0.25) is 0 Å². The molecular weight excluding hydrogens is 465 g/mol. The van der Waals surface area contributed by atoms with Gasteiger partial charge in [-0.15, -0.1) is 0 Å². The maximum Gasteiger partial charge on any atom is 0.333 e. The molecule has 0 heterocycles. The molecule has 0 fully saturated rings. The van der Waals surface area contributed by atoms with E-state index in [4.69, 9.17) is 14.0 Å². The van der Waals surface area contributed by atoms with Crippen LogP contribution in [0.1, 0.15) is 97.8 Å². The second kappa shape index (κ2) is 20.6. The monoisotopic (exact) mass is 522 g/mol. The molecule has 0 aromatic rings. The third-order valence-corrected chi connectivity index (χ3v) is 7.64. The normalized spacial score (nSPS) is 16.4. The molecule has 0 aliphatic heterocycles. The van der Waals surface area contributed by atoms with Crippen LogP contribution in [0.4, 0.5) is 0 Å².